The number of hydrogen-bond donors (Lipinski definition) is 2. The first kappa shape index (κ1) is 18.6. The fourth-order valence-electron chi connectivity index (χ4n) is 2.74. The van der Waals surface area contributed by atoms with E-state index in [0.717, 1.165) is 0 Å². The van der Waals surface area contributed by atoms with Crippen LogP contribution in [0.4, 0.5) is 0 Å². The minimum Gasteiger partial charge on any atom is -0.361 e. The Morgan fingerprint density at radius 2 is 1.96 bits per heavy atom. The summed E-state index contributed by atoms with van der Waals surface area (Å²) in [6.45, 7) is 5.44. The molecule has 0 spiro atoms. The molecule has 0 fully saturated rings. The lowest BCUT2D eigenvalue weighted by Crippen LogP contribution is -2.24. The highest BCUT2D eigenvalue weighted by Crippen LogP contribution is 2.32. The van der Waals surface area contributed by atoms with Crippen molar-refractivity contribution in [2.45, 2.75) is 38.6 Å². The van der Waals surface area contributed by atoms with E-state index in [9.17, 15) is 8.42 Å². The van der Waals surface area contributed by atoms with Crippen LogP contribution in [0.3, 0.4) is 0 Å². The average Bonchev–Trinajstić information content (AvgIpc) is 3.18. The normalized spacial score (nSPS) is 11.8. The SMILES string of the molecule is CCc1noc(-c2c(C)[nH]c(C)c2S(=O)(=O)NCc2ccccc2Cl)n1. The van der Waals surface area contributed by atoms with Crippen LogP contribution in [0.1, 0.15) is 29.7 Å². The molecule has 0 aliphatic carbocycles. The summed E-state index contributed by atoms with van der Waals surface area (Å²) in [5.41, 5.74) is 2.23. The standard InChI is InChI=1S/C17H19ClN4O3S/c1-4-14-21-17(25-22-14)15-10(2)20-11(3)16(15)26(23,24)19-9-12-7-5-6-8-13(12)18/h5-8,19-20H,4,9H2,1-3H3. The number of aromatic nitrogens is 3. The number of hydrogen-bond acceptors (Lipinski definition) is 5. The Balaban J connectivity index is 1.98. The van der Waals surface area contributed by atoms with Gasteiger partial charge in [-0.25, -0.2) is 13.1 Å². The first-order valence-electron chi connectivity index (χ1n) is 8.08. The number of aromatic amines is 1. The first-order chi connectivity index (χ1) is 12.3. The van der Waals surface area contributed by atoms with Gasteiger partial charge in [0.2, 0.25) is 10.0 Å². The van der Waals surface area contributed by atoms with Crippen molar-refractivity contribution in [1.82, 2.24) is 19.8 Å². The number of rotatable bonds is 6. The fraction of sp³-hybridized carbons (Fsp3) is 0.294. The molecule has 9 heteroatoms. The van der Waals surface area contributed by atoms with Crippen molar-refractivity contribution in [2.24, 2.45) is 0 Å². The van der Waals surface area contributed by atoms with Gasteiger partial charge in [-0.15, -0.1) is 0 Å². The third-order valence-corrected chi connectivity index (χ3v) is 5.94. The van der Waals surface area contributed by atoms with Gasteiger partial charge in [0, 0.05) is 29.4 Å². The quantitative estimate of drug-likeness (QED) is 0.667. The van der Waals surface area contributed by atoms with Gasteiger partial charge in [0.25, 0.3) is 5.89 Å². The summed E-state index contributed by atoms with van der Waals surface area (Å²) >= 11 is 6.11. The molecule has 0 aliphatic rings. The molecule has 3 aromatic rings. The van der Waals surface area contributed by atoms with Gasteiger partial charge >= 0.3 is 0 Å². The summed E-state index contributed by atoms with van der Waals surface area (Å²) in [6.07, 6.45) is 0.596. The molecular weight excluding hydrogens is 376 g/mol. The van der Waals surface area contributed by atoms with Crippen LogP contribution in [0.5, 0.6) is 0 Å². The Kier molecular flexibility index (Phi) is 5.17. The topological polar surface area (TPSA) is 101 Å². The van der Waals surface area contributed by atoms with Crippen molar-refractivity contribution in [3.63, 3.8) is 0 Å². The van der Waals surface area contributed by atoms with Crippen LogP contribution in [0.2, 0.25) is 5.02 Å². The second-order valence-electron chi connectivity index (χ2n) is 5.86. The Labute approximate surface area is 156 Å². The van der Waals surface area contributed by atoms with Crippen LogP contribution in [0.15, 0.2) is 33.7 Å². The minimum absolute atomic E-state index is 0.0785. The summed E-state index contributed by atoms with van der Waals surface area (Å²) in [7, 11) is -3.83. The predicted octanol–water partition coefficient (Wildman–Crippen LogP) is 3.38. The molecule has 0 saturated carbocycles. The van der Waals surface area contributed by atoms with Crippen LogP contribution in [0.25, 0.3) is 11.5 Å². The monoisotopic (exact) mass is 394 g/mol. The van der Waals surface area contributed by atoms with Crippen molar-refractivity contribution in [3.8, 4) is 11.5 Å². The number of aryl methyl sites for hydroxylation is 3. The highest BCUT2D eigenvalue weighted by atomic mass is 35.5. The lowest BCUT2D eigenvalue weighted by atomic mass is 10.2. The van der Waals surface area contributed by atoms with Crippen molar-refractivity contribution < 1.29 is 12.9 Å². The zero-order chi connectivity index (χ0) is 18.9. The lowest BCUT2D eigenvalue weighted by molar-refractivity contribution is 0.422. The number of sulfonamides is 1. The summed E-state index contributed by atoms with van der Waals surface area (Å²) in [6, 6.07) is 7.08. The molecule has 3 rings (SSSR count). The van der Waals surface area contributed by atoms with Crippen molar-refractivity contribution in [1.29, 1.82) is 0 Å². The van der Waals surface area contributed by atoms with Gasteiger partial charge in [-0.1, -0.05) is 41.9 Å². The van der Waals surface area contributed by atoms with E-state index in [1.54, 1.807) is 38.1 Å². The van der Waals surface area contributed by atoms with Gasteiger partial charge in [-0.3, -0.25) is 0 Å². The van der Waals surface area contributed by atoms with Gasteiger partial charge in [0.1, 0.15) is 4.90 Å². The molecule has 1 aromatic carbocycles. The smallest absolute Gasteiger partial charge is 0.261 e. The van der Waals surface area contributed by atoms with Crippen LogP contribution >= 0.6 is 11.6 Å². The molecule has 0 amide bonds. The van der Waals surface area contributed by atoms with Crippen molar-refractivity contribution >= 4 is 21.6 Å². The van der Waals surface area contributed by atoms with E-state index in [0.29, 0.717) is 39.8 Å². The molecular formula is C17H19ClN4O3S. The number of nitrogens with zero attached hydrogens (tertiary/aromatic N) is 2. The van der Waals surface area contributed by atoms with E-state index < -0.39 is 10.0 Å². The molecule has 138 valence electrons. The van der Waals surface area contributed by atoms with E-state index in [1.165, 1.54) is 0 Å². The number of H-pyrrole nitrogens is 1. The number of halogens is 1. The lowest BCUT2D eigenvalue weighted by Gasteiger charge is -2.09. The van der Waals surface area contributed by atoms with Gasteiger partial charge in [-0.2, -0.15) is 4.98 Å². The number of nitrogens with one attached hydrogen (secondary N) is 2. The maximum absolute atomic E-state index is 13.0. The van der Waals surface area contributed by atoms with Gasteiger partial charge in [-0.05, 0) is 25.5 Å². The minimum atomic E-state index is -3.83. The molecule has 26 heavy (non-hydrogen) atoms. The molecule has 2 aromatic heterocycles. The Morgan fingerprint density at radius 3 is 2.62 bits per heavy atom. The molecule has 0 radical (unpaired) electrons. The van der Waals surface area contributed by atoms with E-state index in [-0.39, 0.29) is 17.3 Å². The van der Waals surface area contributed by atoms with E-state index in [2.05, 4.69) is 19.8 Å². The fourth-order valence-corrected chi connectivity index (χ4v) is 4.39. The second-order valence-corrected chi connectivity index (χ2v) is 7.98. The molecule has 2 heterocycles. The predicted molar refractivity (Wildman–Crippen MR) is 98.4 cm³/mol. The van der Waals surface area contributed by atoms with Gasteiger partial charge in [0.05, 0.1) is 5.56 Å². The Bertz CT molecular complexity index is 1040. The zero-order valence-corrected chi connectivity index (χ0v) is 16.2. The molecule has 0 aliphatic heterocycles. The summed E-state index contributed by atoms with van der Waals surface area (Å²) in [4.78, 5) is 7.42. The molecule has 0 atom stereocenters. The van der Waals surface area contributed by atoms with Crippen LogP contribution in [-0.4, -0.2) is 23.5 Å². The Morgan fingerprint density at radius 1 is 1.23 bits per heavy atom. The largest absolute Gasteiger partial charge is 0.361 e. The van der Waals surface area contributed by atoms with Crippen LogP contribution < -0.4 is 4.72 Å². The first-order valence-corrected chi connectivity index (χ1v) is 9.94. The van der Waals surface area contributed by atoms with Crippen LogP contribution in [0, 0.1) is 13.8 Å². The third kappa shape index (κ3) is 3.53. The van der Waals surface area contributed by atoms with Crippen molar-refractivity contribution in [2.75, 3.05) is 0 Å². The van der Waals surface area contributed by atoms with Gasteiger partial charge in [0.15, 0.2) is 5.82 Å². The van der Waals surface area contributed by atoms with E-state index in [1.807, 2.05) is 6.92 Å². The molecule has 0 saturated heterocycles. The molecule has 0 unspecified atom stereocenters. The van der Waals surface area contributed by atoms with Crippen LogP contribution in [-0.2, 0) is 23.0 Å². The zero-order valence-electron chi connectivity index (χ0n) is 14.6. The number of benzene rings is 1. The summed E-state index contributed by atoms with van der Waals surface area (Å²) in [5, 5.41) is 4.36. The van der Waals surface area contributed by atoms with E-state index >= 15 is 0 Å². The summed E-state index contributed by atoms with van der Waals surface area (Å²) in [5.74, 6) is 0.701. The van der Waals surface area contributed by atoms with Gasteiger partial charge < -0.3 is 9.51 Å². The molecule has 7 nitrogen and oxygen atoms in total. The molecule has 0 bridgehead atoms. The average molecular weight is 395 g/mol. The second kappa shape index (κ2) is 7.22. The molecule has 2 N–H and O–H groups in total. The Hall–Kier alpha value is -2.16. The maximum Gasteiger partial charge on any atom is 0.261 e. The van der Waals surface area contributed by atoms with Crippen molar-refractivity contribution in [3.05, 3.63) is 52.1 Å². The third-order valence-electron chi connectivity index (χ3n) is 4.00. The highest BCUT2D eigenvalue weighted by Gasteiger charge is 2.29. The maximum atomic E-state index is 13.0. The van der Waals surface area contributed by atoms with E-state index in [4.69, 9.17) is 16.1 Å². The highest BCUT2D eigenvalue weighted by molar-refractivity contribution is 7.89. The summed E-state index contributed by atoms with van der Waals surface area (Å²) < 4.78 is 33.8.